The van der Waals surface area contributed by atoms with Gasteiger partial charge in [0.1, 0.15) is 0 Å². The Labute approximate surface area is 103 Å². The topological polar surface area (TPSA) is 61.8 Å². The van der Waals surface area contributed by atoms with Gasteiger partial charge >= 0.3 is 0 Å². The Balaban J connectivity index is 2.27. The normalized spacial score (nSPS) is 22.6. The van der Waals surface area contributed by atoms with Crippen LogP contribution in [-0.4, -0.2) is 61.9 Å². The lowest BCUT2D eigenvalue weighted by atomic mass is 10.1. The molecule has 1 saturated heterocycles. The molecule has 1 rings (SSSR count). The Morgan fingerprint density at radius 2 is 2.41 bits per heavy atom. The first-order valence-electron chi connectivity index (χ1n) is 6.30. The van der Waals surface area contributed by atoms with E-state index in [1.807, 2.05) is 6.92 Å². The molecule has 1 fully saturated rings. The molecule has 1 aliphatic rings. The summed E-state index contributed by atoms with van der Waals surface area (Å²) < 4.78 is 4.89. The van der Waals surface area contributed by atoms with Crippen LogP contribution in [0.5, 0.6) is 0 Å². The number of carbonyl (C=O) groups excluding carboxylic acids is 1. The van der Waals surface area contributed by atoms with E-state index in [4.69, 9.17) is 9.84 Å². The molecular weight excluding hydrogens is 220 g/mol. The lowest BCUT2D eigenvalue weighted by molar-refractivity contribution is -0.125. The quantitative estimate of drug-likeness (QED) is 0.611. The third-order valence-corrected chi connectivity index (χ3v) is 3.39. The van der Waals surface area contributed by atoms with Crippen LogP contribution in [0.1, 0.15) is 19.8 Å². The van der Waals surface area contributed by atoms with Crippen molar-refractivity contribution in [3.8, 4) is 0 Å². The van der Waals surface area contributed by atoms with E-state index >= 15 is 0 Å². The first-order chi connectivity index (χ1) is 8.19. The number of carbonyl (C=O) groups is 1. The lowest BCUT2D eigenvalue weighted by Crippen LogP contribution is -2.44. The summed E-state index contributed by atoms with van der Waals surface area (Å²) >= 11 is 0. The molecule has 0 radical (unpaired) electrons. The van der Waals surface area contributed by atoms with E-state index in [1.54, 1.807) is 7.11 Å². The molecule has 17 heavy (non-hydrogen) atoms. The lowest BCUT2D eigenvalue weighted by Gasteiger charge is -2.23. The van der Waals surface area contributed by atoms with Crippen LogP contribution in [-0.2, 0) is 9.53 Å². The minimum atomic E-state index is -0.0875. The van der Waals surface area contributed by atoms with Crippen LogP contribution >= 0.6 is 0 Å². The number of nitrogens with one attached hydrogen (secondary N) is 1. The molecule has 0 aliphatic carbocycles. The van der Waals surface area contributed by atoms with Gasteiger partial charge < -0.3 is 15.2 Å². The van der Waals surface area contributed by atoms with E-state index < -0.39 is 0 Å². The highest BCUT2D eigenvalue weighted by atomic mass is 16.5. The molecular formula is C12H24N2O3. The molecule has 0 aromatic rings. The molecule has 2 N–H and O–H groups in total. The average Bonchev–Trinajstić information content (AvgIpc) is 2.77. The summed E-state index contributed by atoms with van der Waals surface area (Å²) in [5.41, 5.74) is 0. The minimum Gasteiger partial charge on any atom is -0.396 e. The standard InChI is InChI=1S/C12H24N2O3/c1-10(12(16)13-5-8-17-2)14-6-3-11(9-14)4-7-15/h10-11,15H,3-9H2,1-2H3,(H,13,16). The van der Waals surface area contributed by atoms with Gasteiger partial charge in [0, 0.05) is 26.8 Å². The number of ether oxygens (including phenoxy) is 1. The molecule has 0 spiro atoms. The summed E-state index contributed by atoms with van der Waals surface area (Å²) in [6.45, 7) is 5.15. The van der Waals surface area contributed by atoms with Gasteiger partial charge in [-0.15, -0.1) is 0 Å². The Morgan fingerprint density at radius 3 is 3.06 bits per heavy atom. The summed E-state index contributed by atoms with van der Waals surface area (Å²) in [7, 11) is 1.62. The average molecular weight is 244 g/mol. The Bertz CT molecular complexity index is 236. The third-order valence-electron chi connectivity index (χ3n) is 3.39. The molecule has 1 amide bonds. The number of methoxy groups -OCH3 is 1. The van der Waals surface area contributed by atoms with Gasteiger partial charge in [-0.2, -0.15) is 0 Å². The zero-order valence-corrected chi connectivity index (χ0v) is 10.8. The fraction of sp³-hybridized carbons (Fsp3) is 0.917. The predicted molar refractivity (Wildman–Crippen MR) is 65.7 cm³/mol. The largest absolute Gasteiger partial charge is 0.396 e. The van der Waals surface area contributed by atoms with Gasteiger partial charge in [0.2, 0.25) is 5.91 Å². The minimum absolute atomic E-state index is 0.0618. The molecule has 0 aromatic carbocycles. The van der Waals surface area contributed by atoms with Crippen LogP contribution < -0.4 is 5.32 Å². The second-order valence-corrected chi connectivity index (χ2v) is 4.62. The van der Waals surface area contributed by atoms with Crippen molar-refractivity contribution >= 4 is 5.91 Å². The van der Waals surface area contributed by atoms with Gasteiger partial charge in [0.25, 0.3) is 0 Å². The van der Waals surface area contributed by atoms with E-state index in [0.717, 1.165) is 25.9 Å². The molecule has 1 heterocycles. The van der Waals surface area contributed by atoms with Gasteiger partial charge in [-0.3, -0.25) is 9.69 Å². The maximum Gasteiger partial charge on any atom is 0.237 e. The molecule has 0 bridgehead atoms. The van der Waals surface area contributed by atoms with Crippen molar-refractivity contribution < 1.29 is 14.6 Å². The molecule has 0 aromatic heterocycles. The van der Waals surface area contributed by atoms with Crippen LogP contribution in [0.15, 0.2) is 0 Å². The van der Waals surface area contributed by atoms with Crippen LogP contribution in [0, 0.1) is 5.92 Å². The zero-order chi connectivity index (χ0) is 12.7. The first kappa shape index (κ1) is 14.4. The molecule has 1 aliphatic heterocycles. The summed E-state index contributed by atoms with van der Waals surface area (Å²) in [5.74, 6) is 0.598. The van der Waals surface area contributed by atoms with Crippen LogP contribution in [0.25, 0.3) is 0 Å². The van der Waals surface area contributed by atoms with Crippen molar-refractivity contribution in [2.24, 2.45) is 5.92 Å². The van der Waals surface area contributed by atoms with E-state index in [0.29, 0.717) is 19.1 Å². The van der Waals surface area contributed by atoms with Gasteiger partial charge in [-0.05, 0) is 32.2 Å². The van der Waals surface area contributed by atoms with Crippen molar-refractivity contribution in [3.63, 3.8) is 0 Å². The van der Waals surface area contributed by atoms with E-state index in [9.17, 15) is 4.79 Å². The Morgan fingerprint density at radius 1 is 1.65 bits per heavy atom. The number of nitrogens with zero attached hydrogens (tertiary/aromatic N) is 1. The van der Waals surface area contributed by atoms with Gasteiger partial charge in [0.05, 0.1) is 12.6 Å². The maximum atomic E-state index is 11.8. The summed E-state index contributed by atoms with van der Waals surface area (Å²) in [6.07, 6.45) is 1.92. The third kappa shape index (κ3) is 4.61. The van der Waals surface area contributed by atoms with Gasteiger partial charge in [-0.25, -0.2) is 0 Å². The number of aliphatic hydroxyl groups excluding tert-OH is 1. The van der Waals surface area contributed by atoms with E-state index in [1.165, 1.54) is 0 Å². The zero-order valence-electron chi connectivity index (χ0n) is 10.8. The fourth-order valence-electron chi connectivity index (χ4n) is 2.22. The van der Waals surface area contributed by atoms with Crippen LogP contribution in [0.3, 0.4) is 0 Å². The first-order valence-corrected chi connectivity index (χ1v) is 6.30. The molecule has 2 atom stereocenters. The van der Waals surface area contributed by atoms with E-state index in [-0.39, 0.29) is 18.6 Å². The van der Waals surface area contributed by atoms with Crippen molar-refractivity contribution in [1.29, 1.82) is 0 Å². The van der Waals surface area contributed by atoms with Crippen molar-refractivity contribution in [3.05, 3.63) is 0 Å². The molecule has 5 heteroatoms. The number of likely N-dealkylation sites (tertiary alicyclic amines) is 1. The monoisotopic (exact) mass is 244 g/mol. The SMILES string of the molecule is COCCNC(=O)C(C)N1CCC(CCO)C1. The highest BCUT2D eigenvalue weighted by molar-refractivity contribution is 5.81. The number of hydrogen-bond donors (Lipinski definition) is 2. The second-order valence-electron chi connectivity index (χ2n) is 4.62. The highest BCUT2D eigenvalue weighted by Crippen LogP contribution is 2.21. The number of hydrogen-bond acceptors (Lipinski definition) is 4. The van der Waals surface area contributed by atoms with Crippen molar-refractivity contribution in [1.82, 2.24) is 10.2 Å². The smallest absolute Gasteiger partial charge is 0.237 e. The van der Waals surface area contributed by atoms with Gasteiger partial charge in [0.15, 0.2) is 0 Å². The van der Waals surface area contributed by atoms with Crippen molar-refractivity contribution in [2.45, 2.75) is 25.8 Å². The molecule has 5 nitrogen and oxygen atoms in total. The Hall–Kier alpha value is -0.650. The maximum absolute atomic E-state index is 11.8. The Kier molecular flexibility index (Phi) is 6.47. The number of rotatable bonds is 7. The number of aliphatic hydroxyl groups is 1. The summed E-state index contributed by atoms with van der Waals surface area (Å²) in [5, 5.41) is 11.7. The van der Waals surface area contributed by atoms with Crippen LogP contribution in [0.4, 0.5) is 0 Å². The van der Waals surface area contributed by atoms with Crippen LogP contribution in [0.2, 0.25) is 0 Å². The molecule has 100 valence electrons. The predicted octanol–water partition coefficient (Wildman–Crippen LogP) is -0.158. The summed E-state index contributed by atoms with van der Waals surface area (Å²) in [4.78, 5) is 14.0. The molecule has 0 saturated carbocycles. The van der Waals surface area contributed by atoms with Gasteiger partial charge in [-0.1, -0.05) is 0 Å². The fourth-order valence-corrected chi connectivity index (χ4v) is 2.22. The van der Waals surface area contributed by atoms with E-state index in [2.05, 4.69) is 10.2 Å². The highest BCUT2D eigenvalue weighted by Gasteiger charge is 2.28. The number of amides is 1. The van der Waals surface area contributed by atoms with Crippen molar-refractivity contribution in [2.75, 3.05) is 40.0 Å². The summed E-state index contributed by atoms with van der Waals surface area (Å²) in [6, 6.07) is -0.0875. The molecule has 2 unspecified atom stereocenters. The second kappa shape index (κ2) is 7.63.